The number of rotatable bonds is 0. The van der Waals surface area contributed by atoms with Crippen molar-refractivity contribution in [1.29, 1.82) is 0 Å². The maximum absolute atomic E-state index is 10.6. The Bertz CT molecular complexity index is 438. The predicted molar refractivity (Wildman–Crippen MR) is 43.2 cm³/mol. The summed E-state index contributed by atoms with van der Waals surface area (Å²) in [6.45, 7) is 0. The molecule has 2 aromatic rings. The first-order chi connectivity index (χ1) is 5.79. The standard InChI is InChI=1S/C8H6N2O2.Ar/c11-8(12)10-5-3-6-7(10)2-1-4-9-6;/h1-5H,(H,11,12);. The third-order valence-corrected chi connectivity index (χ3v) is 1.66. The van der Waals surface area contributed by atoms with E-state index in [-0.39, 0.29) is 37.7 Å². The van der Waals surface area contributed by atoms with Crippen molar-refractivity contribution < 1.29 is 47.6 Å². The van der Waals surface area contributed by atoms with Crippen molar-refractivity contribution in [3.05, 3.63) is 30.6 Å². The Morgan fingerprint density at radius 3 is 2.92 bits per heavy atom. The van der Waals surface area contributed by atoms with E-state index in [9.17, 15) is 4.79 Å². The fourth-order valence-corrected chi connectivity index (χ4v) is 1.13. The first-order valence-corrected chi connectivity index (χ1v) is 3.44. The first-order valence-electron chi connectivity index (χ1n) is 3.44. The number of carboxylic acid groups (broad SMARTS) is 1. The number of carbonyl (C=O) groups is 1. The molecule has 0 aromatic carbocycles. The third-order valence-electron chi connectivity index (χ3n) is 1.66. The molecule has 0 aliphatic carbocycles. The van der Waals surface area contributed by atoms with Crippen molar-refractivity contribution in [1.82, 2.24) is 9.55 Å². The molecule has 2 heterocycles. The zero-order valence-corrected chi connectivity index (χ0v) is 7.20. The Kier molecular flexibility index (Phi) is 3.30. The molecule has 13 heavy (non-hydrogen) atoms. The maximum atomic E-state index is 10.6. The Labute approximate surface area is 104 Å². The Balaban J connectivity index is 0.000000845. The fourth-order valence-electron chi connectivity index (χ4n) is 1.13. The molecule has 0 radical (unpaired) electrons. The van der Waals surface area contributed by atoms with E-state index in [2.05, 4.69) is 4.98 Å². The second-order valence-electron chi connectivity index (χ2n) is 2.38. The summed E-state index contributed by atoms with van der Waals surface area (Å²) < 4.78 is 1.14. The van der Waals surface area contributed by atoms with Gasteiger partial charge in [0.25, 0.3) is 0 Å². The normalized spacial score (nSPS) is 9.54. The number of fused-ring (bicyclic) bond motifs is 1. The van der Waals surface area contributed by atoms with E-state index in [1.54, 1.807) is 24.4 Å². The molecule has 1 N–H and O–H groups in total. The topological polar surface area (TPSA) is 55.1 Å². The van der Waals surface area contributed by atoms with Crippen molar-refractivity contribution in [2.75, 3.05) is 0 Å². The van der Waals surface area contributed by atoms with E-state index in [4.69, 9.17) is 5.11 Å². The van der Waals surface area contributed by atoms with Gasteiger partial charge in [0.2, 0.25) is 0 Å². The summed E-state index contributed by atoms with van der Waals surface area (Å²) in [5, 5.41) is 8.71. The summed E-state index contributed by atoms with van der Waals surface area (Å²) in [6, 6.07) is 5.10. The van der Waals surface area contributed by atoms with E-state index in [1.807, 2.05) is 0 Å². The average Bonchev–Trinajstić information content (AvgIpc) is 2.47. The monoisotopic (exact) mass is 202 g/mol. The number of aromatic nitrogens is 2. The summed E-state index contributed by atoms with van der Waals surface area (Å²) >= 11 is 0. The largest absolute Gasteiger partial charge is 0.464 e. The summed E-state index contributed by atoms with van der Waals surface area (Å²) in [5.41, 5.74) is 1.31. The minimum atomic E-state index is -0.988. The molecule has 0 saturated heterocycles. The molecule has 4 nitrogen and oxygen atoms in total. The SMILES string of the molecule is O=C(O)n1ccc2ncccc21.[Ar]. The first kappa shape index (κ1) is 10.5. The quantitative estimate of drug-likeness (QED) is 0.705. The van der Waals surface area contributed by atoms with Crippen molar-refractivity contribution in [2.24, 2.45) is 0 Å². The van der Waals surface area contributed by atoms with E-state index < -0.39 is 6.09 Å². The summed E-state index contributed by atoms with van der Waals surface area (Å²) in [7, 11) is 0. The van der Waals surface area contributed by atoms with Gasteiger partial charge in [-0.25, -0.2) is 4.79 Å². The smallest absolute Gasteiger partial charge is 0.416 e. The third kappa shape index (κ3) is 1.85. The van der Waals surface area contributed by atoms with Gasteiger partial charge < -0.3 is 5.11 Å². The van der Waals surface area contributed by atoms with Gasteiger partial charge in [-0.3, -0.25) is 9.55 Å². The van der Waals surface area contributed by atoms with Crippen LogP contribution in [-0.4, -0.2) is 20.8 Å². The summed E-state index contributed by atoms with van der Waals surface area (Å²) in [6.07, 6.45) is 2.13. The van der Waals surface area contributed by atoms with Crippen LogP contribution < -0.4 is 0 Å². The number of nitrogens with zero attached hydrogens (tertiary/aromatic N) is 2. The van der Waals surface area contributed by atoms with Crippen LogP contribution in [0.2, 0.25) is 0 Å². The molecule has 2 rings (SSSR count). The average molecular weight is 202 g/mol. The van der Waals surface area contributed by atoms with E-state index in [1.165, 1.54) is 6.20 Å². The van der Waals surface area contributed by atoms with Crippen molar-refractivity contribution in [3.63, 3.8) is 0 Å². The predicted octanol–water partition coefficient (Wildman–Crippen LogP) is 1.56. The second kappa shape index (κ2) is 4.09. The molecule has 68 valence electrons. The van der Waals surface area contributed by atoms with Crippen LogP contribution in [0.4, 0.5) is 4.79 Å². The van der Waals surface area contributed by atoms with Gasteiger partial charge in [0, 0.05) is 50.1 Å². The zero-order chi connectivity index (χ0) is 8.55. The molecular formula is C8H6ArN2O2. The van der Waals surface area contributed by atoms with Gasteiger partial charge in [0.05, 0.1) is 11.0 Å². The van der Waals surface area contributed by atoms with Crippen LogP contribution in [0.15, 0.2) is 30.6 Å². The van der Waals surface area contributed by atoms with Gasteiger partial charge in [-0.05, 0) is 18.2 Å². The molecule has 0 amide bonds. The molecule has 0 atom stereocenters. The van der Waals surface area contributed by atoms with Gasteiger partial charge >= 0.3 is 6.09 Å². The maximum Gasteiger partial charge on any atom is 0.416 e. The van der Waals surface area contributed by atoms with Crippen LogP contribution in [0.1, 0.15) is 0 Å². The minimum Gasteiger partial charge on any atom is -0.464 e. The molecule has 0 aliphatic heterocycles. The van der Waals surface area contributed by atoms with Gasteiger partial charge in [0.15, 0.2) is 0 Å². The molecule has 0 fully saturated rings. The van der Waals surface area contributed by atoms with Crippen LogP contribution in [-0.2, 0) is 0 Å². The van der Waals surface area contributed by atoms with E-state index in [0.717, 1.165) is 4.57 Å². The van der Waals surface area contributed by atoms with Crippen LogP contribution in [0, 0.1) is 37.7 Å². The molecule has 0 spiro atoms. The fraction of sp³-hybridized carbons (Fsp3) is 0. The number of hydrogen-bond donors (Lipinski definition) is 1. The van der Waals surface area contributed by atoms with Crippen LogP contribution >= 0.6 is 0 Å². The Morgan fingerprint density at radius 2 is 2.23 bits per heavy atom. The molecular weight excluding hydrogens is 196 g/mol. The van der Waals surface area contributed by atoms with E-state index >= 15 is 0 Å². The molecule has 0 unspecified atom stereocenters. The van der Waals surface area contributed by atoms with Gasteiger partial charge in [-0.15, -0.1) is 0 Å². The minimum absolute atomic E-state index is 0. The zero-order valence-electron chi connectivity index (χ0n) is 6.49. The Hall–Kier alpha value is -0.580. The van der Waals surface area contributed by atoms with Crippen molar-refractivity contribution in [3.8, 4) is 0 Å². The number of hydrogen-bond acceptors (Lipinski definition) is 2. The van der Waals surface area contributed by atoms with Crippen molar-refractivity contribution >= 4 is 17.1 Å². The summed E-state index contributed by atoms with van der Waals surface area (Å²) in [4.78, 5) is 14.6. The number of pyridine rings is 1. The van der Waals surface area contributed by atoms with Gasteiger partial charge in [-0.2, -0.15) is 0 Å². The molecule has 2 aromatic heterocycles. The van der Waals surface area contributed by atoms with Gasteiger partial charge in [-0.1, -0.05) is 0 Å². The van der Waals surface area contributed by atoms with E-state index in [0.29, 0.717) is 11.0 Å². The molecule has 5 heteroatoms. The molecule has 0 aliphatic rings. The van der Waals surface area contributed by atoms with Crippen molar-refractivity contribution in [2.45, 2.75) is 0 Å². The molecule has 0 saturated carbocycles. The van der Waals surface area contributed by atoms with Gasteiger partial charge in [0.1, 0.15) is 0 Å². The molecule has 0 bridgehead atoms. The van der Waals surface area contributed by atoms with Crippen LogP contribution in [0.25, 0.3) is 11.0 Å². The second-order valence-corrected chi connectivity index (χ2v) is 2.38. The Morgan fingerprint density at radius 1 is 1.46 bits per heavy atom. The van der Waals surface area contributed by atoms with Crippen LogP contribution in [0.5, 0.6) is 0 Å². The summed E-state index contributed by atoms with van der Waals surface area (Å²) in [5.74, 6) is 0. The van der Waals surface area contributed by atoms with Crippen LogP contribution in [0.3, 0.4) is 0 Å².